The van der Waals surface area contributed by atoms with Crippen LogP contribution in [0.4, 0.5) is 0 Å². The monoisotopic (exact) mass is 470 g/mol. The zero-order valence-corrected chi connectivity index (χ0v) is 22.0. The topological polar surface area (TPSA) is 80.9 Å². The highest BCUT2D eigenvalue weighted by atomic mass is 16.7. The number of nitrogens with zero attached hydrogens (tertiary/aromatic N) is 2. The van der Waals surface area contributed by atoms with Crippen LogP contribution >= 0.6 is 0 Å². The summed E-state index contributed by atoms with van der Waals surface area (Å²) in [5, 5.41) is 0. The van der Waals surface area contributed by atoms with Gasteiger partial charge in [-0.25, -0.2) is 0 Å². The first kappa shape index (κ1) is 26.5. The highest BCUT2D eigenvalue weighted by Crippen LogP contribution is 2.37. The van der Waals surface area contributed by atoms with E-state index < -0.39 is 14.2 Å². The molecule has 4 heterocycles. The number of hydrogen-bond donors (Lipinski definition) is 0. The van der Waals surface area contributed by atoms with Crippen LogP contribution in [0.3, 0.4) is 0 Å². The minimum Gasteiger partial charge on any atom is -0.399 e. The fourth-order valence-corrected chi connectivity index (χ4v) is 3.42. The highest BCUT2D eigenvalue weighted by Gasteiger charge is 2.52. The Labute approximate surface area is 202 Å². The van der Waals surface area contributed by atoms with Gasteiger partial charge in [0.1, 0.15) is 0 Å². The Balaban J connectivity index is 0.000000191. The summed E-state index contributed by atoms with van der Waals surface area (Å²) in [7, 11) is 2.56. The van der Waals surface area contributed by atoms with E-state index in [1.54, 1.807) is 38.6 Å². The van der Waals surface area contributed by atoms with Crippen molar-refractivity contribution in [3.63, 3.8) is 0 Å². The summed E-state index contributed by atoms with van der Waals surface area (Å²) in [6, 6.07) is 6.69. The van der Waals surface area contributed by atoms with Gasteiger partial charge in [0.05, 0.1) is 22.4 Å². The standard InChI is InChI=1S/2C12H18BNO3/c1-11(2)12(3,4)17-13(16-11)9-6-7-14(5)10(15)8-9;1-11(2)12(3,4)17-13(16-11)9-6-7-10(15)14(5)8-9/h2*6-8H,1-5H3. The van der Waals surface area contributed by atoms with E-state index in [1.807, 2.05) is 61.5 Å². The summed E-state index contributed by atoms with van der Waals surface area (Å²) in [6.45, 7) is 16.0. The van der Waals surface area contributed by atoms with Gasteiger partial charge < -0.3 is 27.8 Å². The molecule has 0 saturated carbocycles. The van der Waals surface area contributed by atoms with Crippen molar-refractivity contribution in [3.8, 4) is 0 Å². The summed E-state index contributed by atoms with van der Waals surface area (Å²) < 4.78 is 26.6. The van der Waals surface area contributed by atoms with Gasteiger partial charge in [-0.2, -0.15) is 0 Å². The van der Waals surface area contributed by atoms with Crippen LogP contribution in [-0.2, 0) is 32.7 Å². The van der Waals surface area contributed by atoms with Crippen LogP contribution in [0.25, 0.3) is 0 Å². The third kappa shape index (κ3) is 5.10. The summed E-state index contributed by atoms with van der Waals surface area (Å²) in [5.41, 5.74) is 0.0796. The van der Waals surface area contributed by atoms with Crippen LogP contribution in [0.2, 0.25) is 0 Å². The Hall–Kier alpha value is -2.13. The van der Waals surface area contributed by atoms with E-state index in [4.69, 9.17) is 18.6 Å². The van der Waals surface area contributed by atoms with Gasteiger partial charge in [-0.05, 0) is 72.4 Å². The molecule has 0 spiro atoms. The quantitative estimate of drug-likeness (QED) is 0.618. The molecule has 0 bridgehead atoms. The predicted octanol–water partition coefficient (Wildman–Crippen LogP) is 1.37. The first-order chi connectivity index (χ1) is 15.5. The molecule has 2 saturated heterocycles. The Kier molecular flexibility index (Phi) is 6.87. The fourth-order valence-electron chi connectivity index (χ4n) is 3.42. The van der Waals surface area contributed by atoms with Crippen molar-refractivity contribution in [2.75, 3.05) is 0 Å². The van der Waals surface area contributed by atoms with Gasteiger partial charge in [0.15, 0.2) is 0 Å². The maximum Gasteiger partial charge on any atom is 0.496 e. The molecule has 2 aromatic rings. The highest BCUT2D eigenvalue weighted by molar-refractivity contribution is 6.62. The average molecular weight is 470 g/mol. The molecule has 2 fully saturated rings. The van der Waals surface area contributed by atoms with Gasteiger partial charge in [-0.15, -0.1) is 0 Å². The Morgan fingerprint density at radius 3 is 1.47 bits per heavy atom. The first-order valence-corrected chi connectivity index (χ1v) is 11.5. The van der Waals surface area contributed by atoms with Crippen LogP contribution in [-0.4, -0.2) is 45.8 Å². The average Bonchev–Trinajstić information content (AvgIpc) is 3.06. The lowest BCUT2D eigenvalue weighted by molar-refractivity contribution is 0.00578. The second kappa shape index (κ2) is 8.82. The lowest BCUT2D eigenvalue weighted by atomic mass is 9.80. The molecule has 34 heavy (non-hydrogen) atoms. The molecule has 0 radical (unpaired) electrons. The maximum absolute atomic E-state index is 11.6. The van der Waals surface area contributed by atoms with Crippen LogP contribution in [0, 0.1) is 0 Å². The lowest BCUT2D eigenvalue weighted by Crippen LogP contribution is -2.41. The molecule has 0 atom stereocenters. The lowest BCUT2D eigenvalue weighted by Gasteiger charge is -2.32. The van der Waals surface area contributed by atoms with Crippen LogP contribution in [0.1, 0.15) is 55.4 Å². The molecule has 2 aliphatic rings. The van der Waals surface area contributed by atoms with Gasteiger partial charge in [0.2, 0.25) is 11.1 Å². The van der Waals surface area contributed by atoms with E-state index in [2.05, 4.69) is 0 Å². The van der Waals surface area contributed by atoms with E-state index >= 15 is 0 Å². The van der Waals surface area contributed by atoms with Crippen LogP contribution < -0.4 is 22.0 Å². The van der Waals surface area contributed by atoms with Crippen LogP contribution in [0.5, 0.6) is 0 Å². The number of rotatable bonds is 2. The van der Waals surface area contributed by atoms with E-state index in [-0.39, 0.29) is 33.5 Å². The summed E-state index contributed by atoms with van der Waals surface area (Å²) in [5.74, 6) is 0. The molecular weight excluding hydrogens is 434 g/mol. The second-order valence-electron chi connectivity index (χ2n) is 11.0. The minimum atomic E-state index is -0.464. The third-order valence-corrected chi connectivity index (χ3v) is 7.29. The van der Waals surface area contributed by atoms with E-state index in [1.165, 1.54) is 15.2 Å². The van der Waals surface area contributed by atoms with E-state index in [9.17, 15) is 9.59 Å². The van der Waals surface area contributed by atoms with Crippen molar-refractivity contribution < 1.29 is 18.6 Å². The predicted molar refractivity (Wildman–Crippen MR) is 135 cm³/mol. The number of hydrogen-bond acceptors (Lipinski definition) is 6. The molecule has 8 nitrogen and oxygen atoms in total. The molecule has 10 heteroatoms. The Morgan fingerprint density at radius 1 is 0.618 bits per heavy atom. The zero-order chi connectivity index (χ0) is 25.7. The summed E-state index contributed by atoms with van der Waals surface area (Å²) in [4.78, 5) is 22.9. The van der Waals surface area contributed by atoms with Gasteiger partial charge in [0.25, 0.3) is 0 Å². The molecule has 0 unspecified atom stereocenters. The van der Waals surface area contributed by atoms with Gasteiger partial charge >= 0.3 is 14.2 Å². The first-order valence-electron chi connectivity index (χ1n) is 11.5. The van der Waals surface area contributed by atoms with Crippen molar-refractivity contribution in [1.29, 1.82) is 0 Å². The Morgan fingerprint density at radius 2 is 1.06 bits per heavy atom. The van der Waals surface area contributed by atoms with Crippen molar-refractivity contribution in [2.24, 2.45) is 14.1 Å². The van der Waals surface area contributed by atoms with Crippen molar-refractivity contribution in [3.05, 3.63) is 57.4 Å². The number of aromatic nitrogens is 2. The van der Waals surface area contributed by atoms with E-state index in [0.717, 1.165) is 10.9 Å². The largest absolute Gasteiger partial charge is 0.496 e. The zero-order valence-electron chi connectivity index (χ0n) is 22.0. The molecule has 0 N–H and O–H groups in total. The Bertz CT molecular complexity index is 1140. The molecule has 0 aromatic carbocycles. The SMILES string of the molecule is Cn1cc(B2OC(C)(C)C(C)(C)O2)ccc1=O.Cn1ccc(B2OC(C)(C)C(C)(C)O2)cc1=O. The van der Waals surface area contributed by atoms with Crippen molar-refractivity contribution >= 4 is 25.2 Å². The molecule has 0 aliphatic carbocycles. The third-order valence-electron chi connectivity index (χ3n) is 7.29. The molecule has 184 valence electrons. The molecule has 4 rings (SSSR count). The number of aryl methyl sites for hydroxylation is 2. The van der Waals surface area contributed by atoms with Crippen molar-refractivity contribution in [2.45, 2.75) is 77.8 Å². The van der Waals surface area contributed by atoms with Crippen molar-refractivity contribution in [1.82, 2.24) is 9.13 Å². The van der Waals surface area contributed by atoms with Gasteiger partial charge in [-0.1, -0.05) is 6.07 Å². The molecular formula is C24H36B2N2O6. The normalized spacial score (nSPS) is 21.8. The fraction of sp³-hybridized carbons (Fsp3) is 0.583. The maximum atomic E-state index is 11.6. The molecule has 0 amide bonds. The smallest absolute Gasteiger partial charge is 0.399 e. The van der Waals surface area contributed by atoms with Gasteiger partial charge in [-0.3, -0.25) is 9.59 Å². The summed E-state index contributed by atoms with van der Waals surface area (Å²) in [6.07, 6.45) is 3.48. The van der Waals surface area contributed by atoms with Crippen LogP contribution in [0.15, 0.2) is 46.2 Å². The summed E-state index contributed by atoms with van der Waals surface area (Å²) >= 11 is 0. The van der Waals surface area contributed by atoms with Gasteiger partial charge in [0, 0.05) is 38.6 Å². The second-order valence-corrected chi connectivity index (χ2v) is 11.0. The number of pyridine rings is 2. The molecule has 2 aromatic heterocycles. The minimum absolute atomic E-state index is 0.0368. The van der Waals surface area contributed by atoms with E-state index in [0.29, 0.717) is 0 Å². The molecule has 2 aliphatic heterocycles.